The molecule has 20 heavy (non-hydrogen) atoms. The minimum absolute atomic E-state index is 0.0193. The Morgan fingerprint density at radius 1 is 1.25 bits per heavy atom. The molecule has 0 bridgehead atoms. The molecule has 1 aromatic heterocycles. The van der Waals surface area contributed by atoms with Crippen molar-refractivity contribution in [2.45, 2.75) is 51.0 Å². The fourth-order valence-corrected chi connectivity index (χ4v) is 3.63. The van der Waals surface area contributed by atoms with Crippen molar-refractivity contribution in [2.24, 2.45) is 13.0 Å². The van der Waals surface area contributed by atoms with Crippen molar-refractivity contribution < 1.29 is 4.79 Å². The molecule has 0 unspecified atom stereocenters. The van der Waals surface area contributed by atoms with E-state index < -0.39 is 0 Å². The summed E-state index contributed by atoms with van der Waals surface area (Å²) in [5.74, 6) is 1.21. The van der Waals surface area contributed by atoms with Crippen molar-refractivity contribution >= 4 is 12.0 Å². The number of hydrogen-bond acceptors (Lipinski definition) is 3. The molecule has 6 heteroatoms. The number of aromatic nitrogens is 3. The van der Waals surface area contributed by atoms with Crippen molar-refractivity contribution in [2.75, 3.05) is 11.9 Å². The number of carbonyl (C=O) groups excluding carboxylic acids is 1. The SMILES string of the molecule is Cn1ncnc1NC(=O)N1CCC[C@@H]1C1CCCCC1. The Kier molecular flexibility index (Phi) is 3.89. The molecular formula is C14H23N5O. The van der Waals surface area contributed by atoms with Gasteiger partial charge in [0.2, 0.25) is 5.95 Å². The first-order valence-electron chi connectivity index (χ1n) is 7.67. The van der Waals surface area contributed by atoms with Gasteiger partial charge in [-0.1, -0.05) is 19.3 Å². The van der Waals surface area contributed by atoms with Gasteiger partial charge >= 0.3 is 6.03 Å². The molecule has 1 saturated heterocycles. The molecule has 1 atom stereocenters. The zero-order valence-corrected chi connectivity index (χ0v) is 12.1. The first kappa shape index (κ1) is 13.4. The molecule has 1 saturated carbocycles. The summed E-state index contributed by atoms with van der Waals surface area (Å²) in [6.07, 6.45) is 10.3. The molecule has 2 fully saturated rings. The lowest BCUT2D eigenvalue weighted by atomic mass is 9.83. The van der Waals surface area contributed by atoms with Gasteiger partial charge in [-0.3, -0.25) is 5.32 Å². The van der Waals surface area contributed by atoms with Crippen LogP contribution in [0.1, 0.15) is 44.9 Å². The highest BCUT2D eigenvalue weighted by atomic mass is 16.2. The number of aryl methyl sites for hydroxylation is 1. The summed E-state index contributed by atoms with van der Waals surface area (Å²) in [6, 6.07) is 0.401. The predicted molar refractivity (Wildman–Crippen MR) is 76.3 cm³/mol. The van der Waals surface area contributed by atoms with Gasteiger partial charge in [-0.05, 0) is 31.6 Å². The number of amides is 2. The van der Waals surface area contributed by atoms with Gasteiger partial charge < -0.3 is 4.90 Å². The largest absolute Gasteiger partial charge is 0.324 e. The quantitative estimate of drug-likeness (QED) is 0.902. The van der Waals surface area contributed by atoms with E-state index in [-0.39, 0.29) is 6.03 Å². The van der Waals surface area contributed by atoms with Gasteiger partial charge in [-0.2, -0.15) is 10.1 Å². The average Bonchev–Trinajstić information content (AvgIpc) is 3.09. The minimum Gasteiger partial charge on any atom is -0.321 e. The van der Waals surface area contributed by atoms with E-state index >= 15 is 0 Å². The van der Waals surface area contributed by atoms with Crippen molar-refractivity contribution in [3.8, 4) is 0 Å². The molecule has 0 aromatic carbocycles. The fraction of sp³-hybridized carbons (Fsp3) is 0.786. The predicted octanol–water partition coefficient (Wildman–Crippen LogP) is 2.39. The number of urea groups is 1. The van der Waals surface area contributed by atoms with Gasteiger partial charge in [0.05, 0.1) is 0 Å². The number of likely N-dealkylation sites (tertiary alicyclic amines) is 1. The maximum Gasteiger partial charge on any atom is 0.324 e. The van der Waals surface area contributed by atoms with Gasteiger partial charge in [0.1, 0.15) is 6.33 Å². The normalized spacial score (nSPS) is 24.1. The molecule has 0 radical (unpaired) electrons. The van der Waals surface area contributed by atoms with Gasteiger partial charge in [-0.15, -0.1) is 0 Å². The van der Waals surface area contributed by atoms with E-state index in [1.807, 2.05) is 4.90 Å². The molecule has 3 rings (SSSR count). The fourth-order valence-electron chi connectivity index (χ4n) is 3.63. The Bertz CT molecular complexity index is 466. The number of nitrogens with one attached hydrogen (secondary N) is 1. The molecule has 1 aromatic rings. The number of anilines is 1. The second-order valence-corrected chi connectivity index (χ2v) is 5.94. The first-order chi connectivity index (χ1) is 9.75. The lowest BCUT2D eigenvalue weighted by molar-refractivity contribution is 0.166. The zero-order valence-electron chi connectivity index (χ0n) is 12.1. The standard InChI is InChI=1S/C14H23N5O/c1-18-13(15-10-16-18)17-14(20)19-9-5-8-12(19)11-6-3-2-4-7-11/h10-12H,2-9H2,1H3,(H,15,16,17,20)/t12-/m1/s1. The van der Waals surface area contributed by atoms with E-state index in [1.54, 1.807) is 11.7 Å². The van der Waals surface area contributed by atoms with Gasteiger partial charge in [-0.25, -0.2) is 9.48 Å². The second-order valence-electron chi connectivity index (χ2n) is 5.94. The molecular weight excluding hydrogens is 254 g/mol. The summed E-state index contributed by atoms with van der Waals surface area (Å²) in [6.45, 7) is 0.866. The van der Waals surface area contributed by atoms with Crippen molar-refractivity contribution in [1.29, 1.82) is 0 Å². The third kappa shape index (κ3) is 2.64. The third-order valence-electron chi connectivity index (χ3n) is 4.68. The van der Waals surface area contributed by atoms with Crippen LogP contribution in [0.5, 0.6) is 0 Å². The summed E-state index contributed by atoms with van der Waals surface area (Å²) >= 11 is 0. The highest BCUT2D eigenvalue weighted by molar-refractivity contribution is 5.87. The summed E-state index contributed by atoms with van der Waals surface area (Å²) < 4.78 is 1.59. The summed E-state index contributed by atoms with van der Waals surface area (Å²) in [4.78, 5) is 18.5. The van der Waals surface area contributed by atoms with Crippen LogP contribution in [0.4, 0.5) is 10.7 Å². The van der Waals surface area contributed by atoms with Crippen LogP contribution in [0.15, 0.2) is 6.33 Å². The molecule has 1 aliphatic carbocycles. The van der Waals surface area contributed by atoms with Crippen LogP contribution in [0.2, 0.25) is 0 Å². The topological polar surface area (TPSA) is 63.1 Å². The number of nitrogens with zero attached hydrogens (tertiary/aromatic N) is 4. The van der Waals surface area contributed by atoms with Crippen LogP contribution in [0, 0.1) is 5.92 Å². The molecule has 0 spiro atoms. The number of hydrogen-bond donors (Lipinski definition) is 1. The van der Waals surface area contributed by atoms with Crippen LogP contribution >= 0.6 is 0 Å². The van der Waals surface area contributed by atoms with E-state index in [1.165, 1.54) is 38.4 Å². The molecule has 110 valence electrons. The lowest BCUT2D eigenvalue weighted by Gasteiger charge is -2.33. The molecule has 2 amide bonds. The summed E-state index contributed by atoms with van der Waals surface area (Å²) in [5.41, 5.74) is 0. The minimum atomic E-state index is -0.0193. The third-order valence-corrected chi connectivity index (χ3v) is 4.68. The van der Waals surface area contributed by atoms with Gasteiger partial charge in [0.15, 0.2) is 0 Å². The summed E-state index contributed by atoms with van der Waals surface area (Å²) in [5, 5.41) is 6.86. The zero-order chi connectivity index (χ0) is 13.9. The second kappa shape index (κ2) is 5.81. The van der Waals surface area contributed by atoms with Crippen LogP contribution in [-0.2, 0) is 7.05 Å². The Hall–Kier alpha value is -1.59. The molecule has 1 N–H and O–H groups in total. The highest BCUT2D eigenvalue weighted by Crippen LogP contribution is 2.34. The van der Waals surface area contributed by atoms with E-state index in [0.717, 1.165) is 19.4 Å². The first-order valence-corrected chi connectivity index (χ1v) is 7.67. The molecule has 6 nitrogen and oxygen atoms in total. The van der Waals surface area contributed by atoms with Crippen LogP contribution in [0.3, 0.4) is 0 Å². The van der Waals surface area contributed by atoms with E-state index in [2.05, 4.69) is 15.4 Å². The highest BCUT2D eigenvalue weighted by Gasteiger charge is 2.35. The number of rotatable bonds is 2. The van der Waals surface area contributed by atoms with Crippen molar-refractivity contribution in [3.63, 3.8) is 0 Å². The van der Waals surface area contributed by atoms with Gasteiger partial charge in [0, 0.05) is 19.6 Å². The van der Waals surface area contributed by atoms with E-state index in [9.17, 15) is 4.79 Å². The molecule has 1 aliphatic heterocycles. The molecule has 2 heterocycles. The van der Waals surface area contributed by atoms with Crippen molar-refractivity contribution in [3.05, 3.63) is 6.33 Å². The Morgan fingerprint density at radius 2 is 2.05 bits per heavy atom. The van der Waals surface area contributed by atoms with Crippen LogP contribution < -0.4 is 5.32 Å². The summed E-state index contributed by atoms with van der Waals surface area (Å²) in [7, 11) is 1.78. The lowest BCUT2D eigenvalue weighted by Crippen LogP contribution is -2.43. The van der Waals surface area contributed by atoms with Gasteiger partial charge in [0.25, 0.3) is 0 Å². The Labute approximate surface area is 119 Å². The number of carbonyl (C=O) groups is 1. The van der Waals surface area contributed by atoms with Crippen LogP contribution in [0.25, 0.3) is 0 Å². The Balaban J connectivity index is 1.65. The smallest absolute Gasteiger partial charge is 0.321 e. The van der Waals surface area contributed by atoms with E-state index in [4.69, 9.17) is 0 Å². The molecule has 2 aliphatic rings. The van der Waals surface area contributed by atoms with E-state index in [0.29, 0.717) is 17.9 Å². The maximum atomic E-state index is 12.5. The monoisotopic (exact) mass is 277 g/mol. The Morgan fingerprint density at radius 3 is 2.75 bits per heavy atom. The van der Waals surface area contributed by atoms with Crippen molar-refractivity contribution in [1.82, 2.24) is 19.7 Å². The maximum absolute atomic E-state index is 12.5. The average molecular weight is 277 g/mol. The van der Waals surface area contributed by atoms with Crippen LogP contribution in [-0.4, -0.2) is 38.3 Å².